The number of rotatable bonds is 6. The van der Waals surface area contributed by atoms with E-state index in [-0.39, 0.29) is 5.41 Å². The minimum absolute atomic E-state index is 0.139. The zero-order valence-electron chi connectivity index (χ0n) is 18.1. The standard InChI is InChI=1S/C23H28N2O3S/c1-14-10-16(23(3,4)5)11-15(2)19(14)13-29-22-25-24-21(28-22)18-9-8-17(26-6)12-20(18)27-7/h8-12H,13H2,1-7H3. The molecule has 2 aromatic carbocycles. The van der Waals surface area contributed by atoms with Gasteiger partial charge in [0.05, 0.1) is 19.8 Å². The molecule has 29 heavy (non-hydrogen) atoms. The summed E-state index contributed by atoms with van der Waals surface area (Å²) in [6.45, 7) is 11.0. The van der Waals surface area contributed by atoms with Crippen LogP contribution in [0.1, 0.15) is 43.0 Å². The molecule has 0 amide bonds. The fourth-order valence-electron chi connectivity index (χ4n) is 3.14. The molecule has 0 N–H and O–H groups in total. The van der Waals surface area contributed by atoms with Crippen LogP contribution >= 0.6 is 11.8 Å². The van der Waals surface area contributed by atoms with E-state index in [1.165, 1.54) is 22.3 Å². The van der Waals surface area contributed by atoms with Gasteiger partial charge in [0.1, 0.15) is 11.5 Å². The molecule has 0 bridgehead atoms. The molecule has 0 radical (unpaired) electrons. The van der Waals surface area contributed by atoms with Crippen LogP contribution in [0.15, 0.2) is 40.0 Å². The number of benzene rings is 2. The average Bonchev–Trinajstić information content (AvgIpc) is 3.14. The lowest BCUT2D eigenvalue weighted by Crippen LogP contribution is -2.12. The van der Waals surface area contributed by atoms with E-state index in [0.717, 1.165) is 11.3 Å². The van der Waals surface area contributed by atoms with Crippen LogP contribution in [0.4, 0.5) is 0 Å². The van der Waals surface area contributed by atoms with E-state index in [2.05, 4.69) is 56.9 Å². The van der Waals surface area contributed by atoms with Gasteiger partial charge in [-0.3, -0.25) is 0 Å². The van der Waals surface area contributed by atoms with Crippen molar-refractivity contribution in [1.29, 1.82) is 0 Å². The number of thioether (sulfide) groups is 1. The smallest absolute Gasteiger partial charge is 0.277 e. The maximum Gasteiger partial charge on any atom is 0.277 e. The summed E-state index contributed by atoms with van der Waals surface area (Å²) >= 11 is 1.55. The molecule has 0 saturated carbocycles. The van der Waals surface area contributed by atoms with E-state index in [1.54, 1.807) is 32.0 Å². The molecule has 1 aromatic heterocycles. The third-order valence-corrected chi connectivity index (χ3v) is 5.79. The Labute approximate surface area is 176 Å². The van der Waals surface area contributed by atoms with Crippen LogP contribution in [0.5, 0.6) is 11.5 Å². The lowest BCUT2D eigenvalue weighted by molar-refractivity contribution is 0.393. The van der Waals surface area contributed by atoms with Crippen molar-refractivity contribution in [3.63, 3.8) is 0 Å². The van der Waals surface area contributed by atoms with Crippen LogP contribution in [0.3, 0.4) is 0 Å². The first-order valence-electron chi connectivity index (χ1n) is 9.52. The summed E-state index contributed by atoms with van der Waals surface area (Å²) in [5, 5.41) is 8.94. The third-order valence-electron chi connectivity index (χ3n) is 4.95. The summed E-state index contributed by atoms with van der Waals surface area (Å²) in [6, 6.07) is 10.1. The fourth-order valence-corrected chi connectivity index (χ4v) is 4.10. The molecular formula is C23H28N2O3S. The van der Waals surface area contributed by atoms with E-state index in [1.807, 2.05) is 12.1 Å². The number of nitrogens with zero attached hydrogens (tertiary/aromatic N) is 2. The van der Waals surface area contributed by atoms with Crippen LogP contribution < -0.4 is 9.47 Å². The minimum atomic E-state index is 0.139. The Morgan fingerprint density at radius 3 is 2.24 bits per heavy atom. The van der Waals surface area contributed by atoms with Gasteiger partial charge >= 0.3 is 0 Å². The molecule has 3 rings (SSSR count). The SMILES string of the molecule is COc1ccc(-c2nnc(SCc3c(C)cc(C(C)(C)C)cc3C)o2)c(OC)c1. The van der Waals surface area contributed by atoms with Crippen molar-refractivity contribution in [3.8, 4) is 23.0 Å². The highest BCUT2D eigenvalue weighted by Gasteiger charge is 2.18. The van der Waals surface area contributed by atoms with Crippen LogP contribution in [-0.2, 0) is 11.2 Å². The second-order valence-electron chi connectivity index (χ2n) is 8.07. The van der Waals surface area contributed by atoms with Crippen molar-refractivity contribution in [3.05, 3.63) is 52.6 Å². The third kappa shape index (κ3) is 4.75. The molecule has 0 spiro atoms. The highest BCUT2D eigenvalue weighted by molar-refractivity contribution is 7.98. The molecule has 5 nitrogen and oxygen atoms in total. The van der Waals surface area contributed by atoms with Crippen molar-refractivity contribution >= 4 is 11.8 Å². The molecule has 0 fully saturated rings. The molecule has 6 heteroatoms. The number of hydrogen-bond acceptors (Lipinski definition) is 6. The first-order chi connectivity index (χ1) is 13.7. The zero-order chi connectivity index (χ0) is 21.2. The second kappa shape index (κ2) is 8.49. The van der Waals surface area contributed by atoms with E-state index in [9.17, 15) is 0 Å². The summed E-state index contributed by atoms with van der Waals surface area (Å²) < 4.78 is 16.6. The summed E-state index contributed by atoms with van der Waals surface area (Å²) in [5.74, 6) is 2.56. The first kappa shape index (κ1) is 21.2. The molecule has 0 aliphatic carbocycles. The summed E-state index contributed by atoms with van der Waals surface area (Å²) in [7, 11) is 3.23. The number of aromatic nitrogens is 2. The van der Waals surface area contributed by atoms with Crippen LogP contribution in [0.2, 0.25) is 0 Å². The highest BCUT2D eigenvalue weighted by Crippen LogP contribution is 2.35. The van der Waals surface area contributed by atoms with E-state index in [0.29, 0.717) is 22.6 Å². The maximum atomic E-state index is 5.89. The van der Waals surface area contributed by atoms with Gasteiger partial charge < -0.3 is 13.9 Å². The van der Waals surface area contributed by atoms with Gasteiger partial charge in [-0.15, -0.1) is 10.2 Å². The van der Waals surface area contributed by atoms with Crippen molar-refractivity contribution in [1.82, 2.24) is 10.2 Å². The Balaban J connectivity index is 1.78. The van der Waals surface area contributed by atoms with Gasteiger partial charge in [0.15, 0.2) is 0 Å². The molecule has 1 heterocycles. The van der Waals surface area contributed by atoms with E-state index < -0.39 is 0 Å². The molecular weight excluding hydrogens is 384 g/mol. The van der Waals surface area contributed by atoms with Crippen LogP contribution in [0, 0.1) is 13.8 Å². The summed E-state index contributed by atoms with van der Waals surface area (Å²) in [4.78, 5) is 0. The predicted molar refractivity (Wildman–Crippen MR) is 117 cm³/mol. The molecule has 0 aliphatic rings. The molecule has 3 aromatic rings. The number of ether oxygens (including phenoxy) is 2. The Morgan fingerprint density at radius 2 is 1.66 bits per heavy atom. The first-order valence-corrected chi connectivity index (χ1v) is 10.5. The van der Waals surface area contributed by atoms with Gasteiger partial charge in [-0.05, 0) is 53.6 Å². The number of hydrogen-bond donors (Lipinski definition) is 0. The highest BCUT2D eigenvalue weighted by atomic mass is 32.2. The lowest BCUT2D eigenvalue weighted by Gasteiger charge is -2.22. The maximum absolute atomic E-state index is 5.89. The monoisotopic (exact) mass is 412 g/mol. The Hall–Kier alpha value is -2.47. The van der Waals surface area contributed by atoms with Gasteiger partial charge in [-0.1, -0.05) is 44.7 Å². The predicted octanol–water partition coefficient (Wildman–Crippen LogP) is 5.96. The molecule has 0 atom stereocenters. The van der Waals surface area contributed by atoms with Crippen LogP contribution in [-0.4, -0.2) is 24.4 Å². The zero-order valence-corrected chi connectivity index (χ0v) is 18.9. The minimum Gasteiger partial charge on any atom is -0.497 e. The number of methoxy groups -OCH3 is 2. The Kier molecular flexibility index (Phi) is 6.22. The van der Waals surface area contributed by atoms with Gasteiger partial charge in [0.25, 0.3) is 11.1 Å². The molecule has 154 valence electrons. The van der Waals surface area contributed by atoms with Crippen LogP contribution in [0.25, 0.3) is 11.5 Å². The summed E-state index contributed by atoms with van der Waals surface area (Å²) in [5.41, 5.74) is 6.13. The topological polar surface area (TPSA) is 57.4 Å². The Bertz CT molecular complexity index is 983. The van der Waals surface area contributed by atoms with E-state index in [4.69, 9.17) is 13.9 Å². The lowest BCUT2D eigenvalue weighted by atomic mass is 9.84. The van der Waals surface area contributed by atoms with Gasteiger partial charge in [-0.25, -0.2) is 0 Å². The normalized spacial score (nSPS) is 11.6. The largest absolute Gasteiger partial charge is 0.497 e. The van der Waals surface area contributed by atoms with Gasteiger partial charge in [0.2, 0.25) is 0 Å². The Morgan fingerprint density at radius 1 is 0.966 bits per heavy atom. The van der Waals surface area contributed by atoms with Crippen molar-refractivity contribution in [2.75, 3.05) is 14.2 Å². The van der Waals surface area contributed by atoms with Crippen molar-refractivity contribution in [2.45, 2.75) is 51.0 Å². The number of aryl methyl sites for hydroxylation is 2. The van der Waals surface area contributed by atoms with E-state index >= 15 is 0 Å². The summed E-state index contributed by atoms with van der Waals surface area (Å²) in [6.07, 6.45) is 0. The average molecular weight is 413 g/mol. The molecule has 0 saturated heterocycles. The van der Waals surface area contributed by atoms with Gasteiger partial charge in [0, 0.05) is 11.8 Å². The quantitative estimate of drug-likeness (QED) is 0.466. The second-order valence-corrected chi connectivity index (χ2v) is 8.99. The van der Waals surface area contributed by atoms with Crippen molar-refractivity contribution < 1.29 is 13.9 Å². The van der Waals surface area contributed by atoms with Gasteiger partial charge in [-0.2, -0.15) is 0 Å². The van der Waals surface area contributed by atoms with Crippen molar-refractivity contribution in [2.24, 2.45) is 0 Å². The molecule has 0 aliphatic heterocycles. The fraction of sp³-hybridized carbons (Fsp3) is 0.391. The molecule has 0 unspecified atom stereocenters.